The summed E-state index contributed by atoms with van der Waals surface area (Å²) >= 11 is 5.85. The SMILES string of the molecule is O=C(O)c1ccc2c(Cl)cccn2c1=O. The van der Waals surface area contributed by atoms with Crippen LogP contribution in [0.2, 0.25) is 5.02 Å². The second-order valence-electron chi connectivity index (χ2n) is 2.97. The highest BCUT2D eigenvalue weighted by Crippen LogP contribution is 2.14. The zero-order valence-electron chi connectivity index (χ0n) is 7.48. The fourth-order valence-electron chi connectivity index (χ4n) is 1.36. The van der Waals surface area contributed by atoms with Crippen molar-refractivity contribution in [2.75, 3.05) is 0 Å². The maximum Gasteiger partial charge on any atom is 0.341 e. The number of hydrogen-bond acceptors (Lipinski definition) is 2. The van der Waals surface area contributed by atoms with Gasteiger partial charge in [-0.3, -0.25) is 9.20 Å². The molecule has 0 atom stereocenters. The molecule has 2 aromatic rings. The van der Waals surface area contributed by atoms with Gasteiger partial charge in [-0.2, -0.15) is 0 Å². The number of aromatic carboxylic acids is 1. The van der Waals surface area contributed by atoms with Gasteiger partial charge >= 0.3 is 5.97 Å². The first-order chi connectivity index (χ1) is 7.11. The minimum Gasteiger partial charge on any atom is -0.477 e. The molecule has 5 heteroatoms. The fraction of sp³-hybridized carbons (Fsp3) is 0. The van der Waals surface area contributed by atoms with Crippen molar-refractivity contribution < 1.29 is 9.90 Å². The molecule has 1 N–H and O–H groups in total. The van der Waals surface area contributed by atoms with Gasteiger partial charge in [0.15, 0.2) is 0 Å². The van der Waals surface area contributed by atoms with Gasteiger partial charge < -0.3 is 5.11 Å². The summed E-state index contributed by atoms with van der Waals surface area (Å²) in [6, 6.07) is 5.98. The highest BCUT2D eigenvalue weighted by atomic mass is 35.5. The lowest BCUT2D eigenvalue weighted by atomic mass is 10.2. The van der Waals surface area contributed by atoms with Gasteiger partial charge in [0.25, 0.3) is 5.56 Å². The smallest absolute Gasteiger partial charge is 0.341 e. The third-order valence-electron chi connectivity index (χ3n) is 2.07. The number of aromatic nitrogens is 1. The lowest BCUT2D eigenvalue weighted by Gasteiger charge is -2.02. The number of rotatable bonds is 1. The Morgan fingerprint density at radius 2 is 2.07 bits per heavy atom. The van der Waals surface area contributed by atoms with Gasteiger partial charge in [-0.05, 0) is 24.3 Å². The van der Waals surface area contributed by atoms with Gasteiger partial charge in [-0.1, -0.05) is 11.6 Å². The van der Waals surface area contributed by atoms with Gasteiger partial charge in [0, 0.05) is 6.20 Å². The topological polar surface area (TPSA) is 58.8 Å². The first kappa shape index (κ1) is 9.73. The van der Waals surface area contributed by atoms with Crippen LogP contribution in [0.1, 0.15) is 10.4 Å². The van der Waals surface area contributed by atoms with Crippen LogP contribution in [0.25, 0.3) is 5.52 Å². The summed E-state index contributed by atoms with van der Waals surface area (Å²) in [6.45, 7) is 0. The Labute approximate surface area is 89.3 Å². The van der Waals surface area contributed by atoms with E-state index in [1.165, 1.54) is 22.7 Å². The highest BCUT2D eigenvalue weighted by molar-refractivity contribution is 6.33. The summed E-state index contributed by atoms with van der Waals surface area (Å²) in [5, 5.41) is 9.16. The third-order valence-corrected chi connectivity index (χ3v) is 2.39. The molecule has 0 fully saturated rings. The van der Waals surface area contributed by atoms with Crippen molar-refractivity contribution in [3.8, 4) is 0 Å². The molecular formula is C10H6ClNO3. The molecule has 0 aromatic carbocycles. The Hall–Kier alpha value is -1.81. The second-order valence-corrected chi connectivity index (χ2v) is 3.38. The van der Waals surface area contributed by atoms with Crippen LogP contribution in [-0.2, 0) is 0 Å². The minimum absolute atomic E-state index is 0.269. The average Bonchev–Trinajstić information content (AvgIpc) is 2.19. The quantitative estimate of drug-likeness (QED) is 0.800. The zero-order chi connectivity index (χ0) is 11.0. The van der Waals surface area contributed by atoms with E-state index in [0.29, 0.717) is 10.5 Å². The predicted molar refractivity (Wildman–Crippen MR) is 55.6 cm³/mol. The molecule has 0 aliphatic heterocycles. The van der Waals surface area contributed by atoms with Crippen LogP contribution in [0.3, 0.4) is 0 Å². The summed E-state index contributed by atoms with van der Waals surface area (Å²) in [4.78, 5) is 22.3. The van der Waals surface area contributed by atoms with Crippen molar-refractivity contribution in [3.63, 3.8) is 0 Å². The van der Waals surface area contributed by atoms with E-state index in [9.17, 15) is 9.59 Å². The van der Waals surface area contributed by atoms with Crippen LogP contribution in [0.5, 0.6) is 0 Å². The second kappa shape index (κ2) is 3.40. The number of hydrogen-bond donors (Lipinski definition) is 1. The van der Waals surface area contributed by atoms with Crippen LogP contribution >= 0.6 is 11.6 Å². The Balaban J connectivity index is 2.92. The zero-order valence-corrected chi connectivity index (χ0v) is 8.23. The number of halogens is 1. The predicted octanol–water partition coefficient (Wildman–Crippen LogP) is 1.65. The Bertz CT molecular complexity index is 603. The molecule has 0 unspecified atom stereocenters. The molecule has 0 radical (unpaired) electrons. The van der Waals surface area contributed by atoms with E-state index in [-0.39, 0.29) is 5.56 Å². The summed E-state index contributed by atoms with van der Waals surface area (Å²) in [5.74, 6) is -1.24. The lowest BCUT2D eigenvalue weighted by molar-refractivity contribution is 0.0695. The normalized spacial score (nSPS) is 10.5. The molecule has 0 saturated heterocycles. The standard InChI is InChI=1S/C10H6ClNO3/c11-7-2-1-5-12-8(7)4-3-6(9(12)13)10(14)15/h1-5H,(H,14,15). The third kappa shape index (κ3) is 1.49. The molecule has 76 valence electrons. The van der Waals surface area contributed by atoms with E-state index in [0.717, 1.165) is 0 Å². The number of pyridine rings is 2. The lowest BCUT2D eigenvalue weighted by Crippen LogP contribution is -2.21. The van der Waals surface area contributed by atoms with Crippen molar-refractivity contribution >= 4 is 23.1 Å². The van der Waals surface area contributed by atoms with E-state index >= 15 is 0 Å². The first-order valence-electron chi connectivity index (χ1n) is 4.14. The summed E-state index contributed by atoms with van der Waals surface area (Å²) < 4.78 is 1.21. The van der Waals surface area contributed by atoms with Crippen molar-refractivity contribution in [3.05, 3.63) is 51.4 Å². The number of nitrogens with zero attached hydrogens (tertiary/aromatic N) is 1. The maximum absolute atomic E-state index is 11.6. The average molecular weight is 224 g/mol. The molecule has 0 aliphatic rings. The van der Waals surface area contributed by atoms with Gasteiger partial charge in [-0.25, -0.2) is 4.79 Å². The van der Waals surface area contributed by atoms with Crippen LogP contribution in [0, 0.1) is 0 Å². The highest BCUT2D eigenvalue weighted by Gasteiger charge is 2.10. The minimum atomic E-state index is -1.24. The van der Waals surface area contributed by atoms with E-state index in [2.05, 4.69) is 0 Å². The molecule has 0 aliphatic carbocycles. The molecule has 15 heavy (non-hydrogen) atoms. The van der Waals surface area contributed by atoms with Crippen molar-refractivity contribution in [2.45, 2.75) is 0 Å². The number of carboxylic acids is 1. The summed E-state index contributed by atoms with van der Waals surface area (Å²) in [5.41, 5.74) is -0.355. The van der Waals surface area contributed by atoms with Crippen LogP contribution < -0.4 is 5.56 Å². The van der Waals surface area contributed by atoms with E-state index in [4.69, 9.17) is 16.7 Å². The molecule has 2 aromatic heterocycles. The fourth-order valence-corrected chi connectivity index (χ4v) is 1.58. The Kier molecular flexibility index (Phi) is 2.21. The van der Waals surface area contributed by atoms with Crippen molar-refractivity contribution in [1.29, 1.82) is 0 Å². The number of carboxylic acid groups (broad SMARTS) is 1. The van der Waals surface area contributed by atoms with Gasteiger partial charge in [0.1, 0.15) is 5.56 Å². The van der Waals surface area contributed by atoms with E-state index in [1.807, 2.05) is 0 Å². The molecule has 0 spiro atoms. The van der Waals surface area contributed by atoms with E-state index < -0.39 is 11.5 Å². The number of fused-ring (bicyclic) bond motifs is 1. The largest absolute Gasteiger partial charge is 0.477 e. The van der Waals surface area contributed by atoms with Crippen LogP contribution in [0.4, 0.5) is 0 Å². The molecule has 2 rings (SSSR count). The molecule has 4 nitrogen and oxygen atoms in total. The van der Waals surface area contributed by atoms with Crippen LogP contribution in [-0.4, -0.2) is 15.5 Å². The van der Waals surface area contributed by atoms with Gasteiger partial charge in [0.05, 0.1) is 10.5 Å². The van der Waals surface area contributed by atoms with Crippen molar-refractivity contribution in [1.82, 2.24) is 4.40 Å². The Morgan fingerprint density at radius 3 is 2.73 bits per heavy atom. The number of carbonyl (C=O) groups is 1. The molecule has 2 heterocycles. The maximum atomic E-state index is 11.6. The summed E-state index contributed by atoms with van der Waals surface area (Å²) in [7, 11) is 0. The van der Waals surface area contributed by atoms with Crippen LogP contribution in [0.15, 0.2) is 35.3 Å². The molecule has 0 saturated carbocycles. The molecular weight excluding hydrogens is 218 g/mol. The van der Waals surface area contributed by atoms with E-state index in [1.54, 1.807) is 12.1 Å². The summed E-state index contributed by atoms with van der Waals surface area (Å²) in [6.07, 6.45) is 1.48. The molecule has 0 amide bonds. The monoisotopic (exact) mass is 223 g/mol. The van der Waals surface area contributed by atoms with Gasteiger partial charge in [0.2, 0.25) is 0 Å². The first-order valence-corrected chi connectivity index (χ1v) is 4.52. The molecule has 0 bridgehead atoms. The van der Waals surface area contributed by atoms with Crippen molar-refractivity contribution in [2.24, 2.45) is 0 Å². The Morgan fingerprint density at radius 1 is 1.33 bits per heavy atom. The van der Waals surface area contributed by atoms with Gasteiger partial charge in [-0.15, -0.1) is 0 Å².